The maximum absolute atomic E-state index is 14.6. The molecule has 6 rings (SSSR count). The van der Waals surface area contributed by atoms with Crippen LogP contribution in [0, 0.1) is 12.7 Å². The highest BCUT2D eigenvalue weighted by atomic mass is 19.1. The summed E-state index contributed by atoms with van der Waals surface area (Å²) in [5.41, 5.74) is 9.14. The van der Waals surface area contributed by atoms with Crippen molar-refractivity contribution in [1.29, 1.82) is 0 Å². The molecule has 9 heteroatoms. The van der Waals surface area contributed by atoms with E-state index >= 15 is 0 Å². The van der Waals surface area contributed by atoms with Crippen LogP contribution in [0.5, 0.6) is 0 Å². The summed E-state index contributed by atoms with van der Waals surface area (Å²) in [6.45, 7) is 5.17. The van der Waals surface area contributed by atoms with E-state index in [9.17, 15) is 19.1 Å². The van der Waals surface area contributed by atoms with Crippen LogP contribution in [0.4, 0.5) is 4.39 Å². The third-order valence-corrected chi connectivity index (χ3v) is 7.12. The zero-order valence-electron chi connectivity index (χ0n) is 21.4. The molecule has 0 atom stereocenters. The Morgan fingerprint density at radius 2 is 1.82 bits per heavy atom. The average Bonchev–Trinajstić information content (AvgIpc) is 3.27. The Bertz CT molecular complexity index is 2040. The molecule has 0 saturated carbocycles. The molecule has 194 valence electrons. The van der Waals surface area contributed by atoms with Gasteiger partial charge in [-0.2, -0.15) is 0 Å². The molecule has 0 aliphatic rings. The third kappa shape index (κ3) is 3.78. The smallest absolute Gasteiger partial charge is 0.268 e. The normalized spacial score (nSPS) is 12.0. The highest BCUT2D eigenvalue weighted by Gasteiger charge is 2.23. The summed E-state index contributed by atoms with van der Waals surface area (Å²) in [5, 5.41) is 12.0. The molecule has 0 aliphatic carbocycles. The summed E-state index contributed by atoms with van der Waals surface area (Å²) in [6.07, 6.45) is 3.02. The number of aromatic amines is 1. The van der Waals surface area contributed by atoms with Gasteiger partial charge in [0.05, 0.1) is 39.7 Å². The second kappa shape index (κ2) is 8.57. The number of primary amides is 1. The maximum Gasteiger partial charge on any atom is 0.268 e. The topological polar surface area (TPSA) is 127 Å². The van der Waals surface area contributed by atoms with E-state index in [4.69, 9.17) is 5.73 Å². The van der Waals surface area contributed by atoms with Crippen LogP contribution in [0.2, 0.25) is 0 Å². The molecule has 8 nitrogen and oxygen atoms in total. The number of halogens is 1. The number of pyridine rings is 1. The van der Waals surface area contributed by atoms with Crippen molar-refractivity contribution in [2.75, 3.05) is 0 Å². The van der Waals surface area contributed by atoms with Gasteiger partial charge in [-0.25, -0.2) is 9.37 Å². The number of benzene rings is 3. The Kier molecular flexibility index (Phi) is 5.37. The molecule has 3 aromatic heterocycles. The van der Waals surface area contributed by atoms with Gasteiger partial charge in [-0.05, 0) is 67.8 Å². The number of H-pyrrole nitrogens is 1. The van der Waals surface area contributed by atoms with Crippen molar-refractivity contribution in [3.63, 3.8) is 0 Å². The van der Waals surface area contributed by atoms with E-state index in [1.165, 1.54) is 23.0 Å². The Hall–Kier alpha value is -4.89. The number of aliphatic hydroxyl groups is 1. The van der Waals surface area contributed by atoms with Crippen LogP contribution in [-0.2, 0) is 5.60 Å². The number of hydrogen-bond acceptors (Lipinski definition) is 5. The summed E-state index contributed by atoms with van der Waals surface area (Å²) in [4.78, 5) is 37.6. The first kappa shape index (κ1) is 24.4. The van der Waals surface area contributed by atoms with Crippen molar-refractivity contribution in [1.82, 2.24) is 19.5 Å². The second-order valence-corrected chi connectivity index (χ2v) is 10.1. The van der Waals surface area contributed by atoms with Gasteiger partial charge in [0.2, 0.25) is 0 Å². The number of carbonyl (C=O) groups is 1. The maximum atomic E-state index is 14.6. The van der Waals surface area contributed by atoms with Crippen molar-refractivity contribution in [2.24, 2.45) is 5.73 Å². The predicted octanol–water partition coefficient (Wildman–Crippen LogP) is 4.86. The Balaban J connectivity index is 1.66. The lowest BCUT2D eigenvalue weighted by molar-refractivity contribution is 0.0740. The second-order valence-electron chi connectivity index (χ2n) is 10.1. The van der Waals surface area contributed by atoms with Crippen LogP contribution in [-0.4, -0.2) is 30.5 Å². The van der Waals surface area contributed by atoms with Gasteiger partial charge in [-0.3, -0.25) is 19.1 Å². The van der Waals surface area contributed by atoms with Gasteiger partial charge in [0.1, 0.15) is 23.1 Å². The van der Waals surface area contributed by atoms with Gasteiger partial charge in [0.25, 0.3) is 11.5 Å². The predicted molar refractivity (Wildman–Crippen MR) is 148 cm³/mol. The molecule has 0 fully saturated rings. The van der Waals surface area contributed by atoms with E-state index in [-0.39, 0.29) is 10.9 Å². The van der Waals surface area contributed by atoms with Gasteiger partial charge >= 0.3 is 0 Å². The van der Waals surface area contributed by atoms with Crippen molar-refractivity contribution >= 4 is 38.6 Å². The molecule has 3 aromatic carbocycles. The van der Waals surface area contributed by atoms with E-state index in [1.54, 1.807) is 44.3 Å². The molecular weight excluding hydrogens is 497 g/mol. The molecule has 0 spiro atoms. The quantitative estimate of drug-likeness (QED) is 0.306. The molecule has 1 amide bonds. The van der Waals surface area contributed by atoms with Crippen LogP contribution in [0.25, 0.3) is 49.5 Å². The minimum Gasteiger partial charge on any atom is -0.384 e. The summed E-state index contributed by atoms with van der Waals surface area (Å²) < 4.78 is 15.9. The lowest BCUT2D eigenvalue weighted by Gasteiger charge is -2.17. The Morgan fingerprint density at radius 1 is 1.05 bits per heavy atom. The van der Waals surface area contributed by atoms with Crippen LogP contribution >= 0.6 is 0 Å². The number of nitrogens with one attached hydrogen (secondary N) is 1. The molecular formula is C30H24FN5O3. The molecule has 0 bridgehead atoms. The highest BCUT2D eigenvalue weighted by Crippen LogP contribution is 2.39. The zero-order valence-corrected chi connectivity index (χ0v) is 21.4. The van der Waals surface area contributed by atoms with E-state index in [0.29, 0.717) is 28.0 Å². The summed E-state index contributed by atoms with van der Waals surface area (Å²) in [5.74, 6) is -1.22. The van der Waals surface area contributed by atoms with E-state index in [0.717, 1.165) is 27.5 Å². The van der Waals surface area contributed by atoms with Gasteiger partial charge < -0.3 is 15.8 Å². The largest absolute Gasteiger partial charge is 0.384 e. The number of fused-ring (bicyclic) bond motifs is 4. The van der Waals surface area contributed by atoms with Crippen LogP contribution in [0.3, 0.4) is 0 Å². The van der Waals surface area contributed by atoms with Gasteiger partial charge in [0, 0.05) is 10.8 Å². The molecule has 0 saturated heterocycles. The standard InChI is InChI=1S/C30H24FN5O3/c1-15-16(6-4-9-23(15)36-14-34-21-8-5-7-20(31)26(21)29(36)38)17-10-11-18(28(32)37)27-25(17)19-12-24(30(2,3)39)33-13-22(19)35-27/h4-14,35,39H,1-3H3,(H2,32,37). The van der Waals surface area contributed by atoms with Gasteiger partial charge in [-0.15, -0.1) is 0 Å². The number of amides is 1. The van der Waals surface area contributed by atoms with Crippen molar-refractivity contribution in [3.8, 4) is 16.8 Å². The van der Waals surface area contributed by atoms with Crippen molar-refractivity contribution in [2.45, 2.75) is 26.4 Å². The molecule has 6 aromatic rings. The monoisotopic (exact) mass is 521 g/mol. The zero-order chi connectivity index (χ0) is 27.6. The minimum absolute atomic E-state index is 0.0821. The summed E-state index contributed by atoms with van der Waals surface area (Å²) in [7, 11) is 0. The minimum atomic E-state index is -1.19. The number of nitrogens with two attached hydrogens (primary N) is 1. The fourth-order valence-corrected chi connectivity index (χ4v) is 5.15. The first-order valence-corrected chi connectivity index (χ1v) is 12.3. The van der Waals surface area contributed by atoms with Crippen LogP contribution < -0.4 is 11.3 Å². The van der Waals surface area contributed by atoms with E-state index < -0.39 is 22.9 Å². The average molecular weight is 522 g/mol. The molecule has 0 aliphatic heterocycles. The van der Waals surface area contributed by atoms with Gasteiger partial charge in [-0.1, -0.05) is 24.3 Å². The fourth-order valence-electron chi connectivity index (χ4n) is 5.15. The van der Waals surface area contributed by atoms with Gasteiger partial charge in [0.15, 0.2) is 0 Å². The third-order valence-electron chi connectivity index (χ3n) is 7.12. The fraction of sp³-hybridized carbons (Fsp3) is 0.133. The van der Waals surface area contributed by atoms with Crippen LogP contribution in [0.15, 0.2) is 71.9 Å². The van der Waals surface area contributed by atoms with E-state index in [2.05, 4.69) is 15.0 Å². The number of aromatic nitrogens is 4. The number of nitrogens with zero attached hydrogens (tertiary/aromatic N) is 3. The lowest BCUT2D eigenvalue weighted by atomic mass is 9.92. The Labute approximate surface area is 221 Å². The first-order chi connectivity index (χ1) is 18.6. The lowest BCUT2D eigenvalue weighted by Crippen LogP contribution is -2.20. The molecule has 0 unspecified atom stereocenters. The summed E-state index contributed by atoms with van der Waals surface area (Å²) in [6, 6.07) is 15.1. The molecule has 0 radical (unpaired) electrons. The first-order valence-electron chi connectivity index (χ1n) is 12.3. The van der Waals surface area contributed by atoms with E-state index in [1.807, 2.05) is 25.1 Å². The molecule has 4 N–H and O–H groups in total. The number of hydrogen-bond donors (Lipinski definition) is 3. The summed E-state index contributed by atoms with van der Waals surface area (Å²) >= 11 is 0. The van der Waals surface area contributed by atoms with Crippen molar-refractivity contribution < 1.29 is 14.3 Å². The molecule has 39 heavy (non-hydrogen) atoms. The van der Waals surface area contributed by atoms with Crippen LogP contribution in [0.1, 0.15) is 35.5 Å². The SMILES string of the molecule is Cc1c(-c2ccc(C(N)=O)c3[nH]c4cnc(C(C)(C)O)cc4c23)cccc1-n1cnc2cccc(F)c2c1=O. The Morgan fingerprint density at radius 3 is 2.56 bits per heavy atom. The van der Waals surface area contributed by atoms with Crippen molar-refractivity contribution in [3.05, 3.63) is 100 Å². The number of carbonyl (C=O) groups excluding carboxylic acids is 1. The highest BCUT2D eigenvalue weighted by molar-refractivity contribution is 6.20. The molecule has 3 heterocycles. The number of rotatable bonds is 4.